The Morgan fingerprint density at radius 2 is 1.70 bits per heavy atom. The molecule has 0 spiro atoms. The van der Waals surface area contributed by atoms with Gasteiger partial charge in [-0.25, -0.2) is 9.59 Å². The average Bonchev–Trinajstić information content (AvgIpc) is 2.60. The molecular weight excluding hydrogens is 348 g/mol. The van der Waals surface area contributed by atoms with E-state index in [4.69, 9.17) is 4.74 Å². The number of rotatable bonds is 2. The molecule has 146 valence electrons. The van der Waals surface area contributed by atoms with Crippen molar-refractivity contribution < 1.29 is 19.1 Å². The Balaban J connectivity index is 1.63. The number of nitrogens with zero attached hydrogens (tertiary/aromatic N) is 3. The van der Waals surface area contributed by atoms with Gasteiger partial charge in [0.15, 0.2) is 0 Å². The standard InChI is InChI=1S/C19H26N4O4/c1-19(2,3)27-18(26)22-11-9-21(10-12-22)14-5-4-6-15(13-14)23-8-7-16(24)20-17(23)25/h4-6,13H,7-12H2,1-3H3,(H,20,24,25). The van der Waals surface area contributed by atoms with Crippen LogP contribution in [0.5, 0.6) is 0 Å². The molecular formula is C19H26N4O4. The molecule has 0 aromatic heterocycles. The van der Waals surface area contributed by atoms with Gasteiger partial charge in [0.05, 0.1) is 0 Å². The van der Waals surface area contributed by atoms with Gasteiger partial charge < -0.3 is 14.5 Å². The third-order valence-electron chi connectivity index (χ3n) is 4.49. The number of amides is 4. The number of hydrogen-bond donors (Lipinski definition) is 1. The maximum absolute atomic E-state index is 12.2. The van der Waals surface area contributed by atoms with Gasteiger partial charge in [-0.15, -0.1) is 0 Å². The average molecular weight is 374 g/mol. The number of ether oxygens (including phenoxy) is 1. The van der Waals surface area contributed by atoms with Gasteiger partial charge >= 0.3 is 12.1 Å². The van der Waals surface area contributed by atoms with Gasteiger partial charge in [-0.3, -0.25) is 15.0 Å². The molecule has 8 nitrogen and oxygen atoms in total. The van der Waals surface area contributed by atoms with E-state index in [1.165, 1.54) is 0 Å². The molecule has 2 aliphatic heterocycles. The lowest BCUT2D eigenvalue weighted by molar-refractivity contribution is -0.120. The van der Waals surface area contributed by atoms with E-state index >= 15 is 0 Å². The summed E-state index contributed by atoms with van der Waals surface area (Å²) in [6, 6.07) is 7.29. The largest absolute Gasteiger partial charge is 0.444 e. The molecule has 1 aromatic rings. The summed E-state index contributed by atoms with van der Waals surface area (Å²) in [5, 5.41) is 2.34. The molecule has 8 heteroatoms. The van der Waals surface area contributed by atoms with Crippen molar-refractivity contribution >= 4 is 29.4 Å². The maximum atomic E-state index is 12.2. The molecule has 0 atom stereocenters. The first-order chi connectivity index (χ1) is 12.7. The monoisotopic (exact) mass is 374 g/mol. The Hall–Kier alpha value is -2.77. The number of carbonyl (C=O) groups is 3. The van der Waals surface area contributed by atoms with E-state index in [1.54, 1.807) is 9.80 Å². The van der Waals surface area contributed by atoms with Gasteiger partial charge in [0.25, 0.3) is 0 Å². The first kappa shape index (κ1) is 19.0. The Labute approximate surface area is 159 Å². The highest BCUT2D eigenvalue weighted by atomic mass is 16.6. The molecule has 0 saturated carbocycles. The number of piperazine rings is 1. The van der Waals surface area contributed by atoms with Crippen LogP contribution in [-0.2, 0) is 9.53 Å². The molecule has 0 bridgehead atoms. The van der Waals surface area contributed by atoms with E-state index in [2.05, 4.69) is 10.2 Å². The molecule has 1 N–H and O–H groups in total. The second kappa shape index (κ2) is 7.46. The highest BCUT2D eigenvalue weighted by molar-refractivity contribution is 6.05. The second-order valence-corrected chi connectivity index (χ2v) is 7.73. The normalized spacial score (nSPS) is 18.4. The fourth-order valence-electron chi connectivity index (χ4n) is 3.14. The molecule has 0 radical (unpaired) electrons. The lowest BCUT2D eigenvalue weighted by atomic mass is 10.2. The van der Waals surface area contributed by atoms with E-state index in [0.717, 1.165) is 11.4 Å². The molecule has 2 aliphatic rings. The maximum Gasteiger partial charge on any atom is 0.410 e. The topological polar surface area (TPSA) is 82.2 Å². The summed E-state index contributed by atoms with van der Waals surface area (Å²) >= 11 is 0. The molecule has 2 heterocycles. The first-order valence-electron chi connectivity index (χ1n) is 9.17. The van der Waals surface area contributed by atoms with E-state index in [-0.39, 0.29) is 12.0 Å². The van der Waals surface area contributed by atoms with Crippen LogP contribution in [0.15, 0.2) is 24.3 Å². The first-order valence-corrected chi connectivity index (χ1v) is 9.17. The number of imide groups is 1. The highest BCUT2D eigenvalue weighted by Crippen LogP contribution is 2.25. The Morgan fingerprint density at radius 3 is 2.33 bits per heavy atom. The summed E-state index contributed by atoms with van der Waals surface area (Å²) in [5.74, 6) is -0.245. The van der Waals surface area contributed by atoms with Crippen molar-refractivity contribution in [1.82, 2.24) is 10.2 Å². The van der Waals surface area contributed by atoms with Gasteiger partial charge in [0.1, 0.15) is 5.60 Å². The molecule has 4 amide bonds. The van der Waals surface area contributed by atoms with Crippen LogP contribution >= 0.6 is 0 Å². The molecule has 2 saturated heterocycles. The fourth-order valence-corrected chi connectivity index (χ4v) is 3.14. The van der Waals surface area contributed by atoms with Crippen molar-refractivity contribution in [3.8, 4) is 0 Å². The summed E-state index contributed by atoms with van der Waals surface area (Å²) in [4.78, 5) is 41.0. The summed E-state index contributed by atoms with van der Waals surface area (Å²) in [6.45, 7) is 8.49. The van der Waals surface area contributed by atoms with Crippen LogP contribution in [0.25, 0.3) is 0 Å². The van der Waals surface area contributed by atoms with Crippen LogP contribution in [0.1, 0.15) is 27.2 Å². The van der Waals surface area contributed by atoms with Crippen LogP contribution in [0, 0.1) is 0 Å². The smallest absolute Gasteiger partial charge is 0.410 e. The molecule has 0 unspecified atom stereocenters. The predicted molar refractivity (Wildman–Crippen MR) is 102 cm³/mol. The van der Waals surface area contributed by atoms with Crippen LogP contribution in [0.3, 0.4) is 0 Å². The third kappa shape index (κ3) is 4.69. The lowest BCUT2D eigenvalue weighted by Gasteiger charge is -2.37. The van der Waals surface area contributed by atoms with Crippen molar-refractivity contribution in [3.63, 3.8) is 0 Å². The summed E-state index contributed by atoms with van der Waals surface area (Å²) in [5.41, 5.74) is 1.24. The van der Waals surface area contributed by atoms with E-state index in [1.807, 2.05) is 45.0 Å². The minimum Gasteiger partial charge on any atom is -0.444 e. The number of benzene rings is 1. The Bertz CT molecular complexity index is 735. The van der Waals surface area contributed by atoms with Crippen molar-refractivity contribution in [1.29, 1.82) is 0 Å². The zero-order chi connectivity index (χ0) is 19.6. The highest BCUT2D eigenvalue weighted by Gasteiger charge is 2.27. The van der Waals surface area contributed by atoms with E-state index in [0.29, 0.717) is 39.1 Å². The number of carbonyl (C=O) groups excluding carboxylic acids is 3. The number of urea groups is 1. The molecule has 2 fully saturated rings. The molecule has 3 rings (SSSR count). The minimum atomic E-state index is -0.501. The minimum absolute atomic E-state index is 0.245. The fraction of sp³-hybridized carbons (Fsp3) is 0.526. The molecule has 0 aliphatic carbocycles. The Kier molecular flexibility index (Phi) is 5.25. The number of anilines is 2. The predicted octanol–water partition coefficient (Wildman–Crippen LogP) is 2.19. The van der Waals surface area contributed by atoms with Crippen molar-refractivity contribution in [2.24, 2.45) is 0 Å². The zero-order valence-electron chi connectivity index (χ0n) is 16.0. The summed E-state index contributed by atoms with van der Waals surface area (Å²) in [7, 11) is 0. The van der Waals surface area contributed by atoms with Crippen LogP contribution in [0.4, 0.5) is 21.0 Å². The molecule has 1 aromatic carbocycles. The lowest BCUT2D eigenvalue weighted by Crippen LogP contribution is -2.50. The van der Waals surface area contributed by atoms with E-state index in [9.17, 15) is 14.4 Å². The third-order valence-corrected chi connectivity index (χ3v) is 4.49. The van der Waals surface area contributed by atoms with Crippen LogP contribution in [-0.4, -0.2) is 61.3 Å². The van der Waals surface area contributed by atoms with Gasteiger partial charge in [0, 0.05) is 50.5 Å². The second-order valence-electron chi connectivity index (χ2n) is 7.73. The number of nitrogens with one attached hydrogen (secondary N) is 1. The van der Waals surface area contributed by atoms with Gasteiger partial charge in [0.2, 0.25) is 5.91 Å². The zero-order valence-corrected chi connectivity index (χ0v) is 16.0. The quantitative estimate of drug-likeness (QED) is 0.858. The number of hydrogen-bond acceptors (Lipinski definition) is 5. The van der Waals surface area contributed by atoms with Crippen molar-refractivity contribution in [2.45, 2.75) is 32.8 Å². The van der Waals surface area contributed by atoms with E-state index < -0.39 is 11.6 Å². The van der Waals surface area contributed by atoms with Crippen molar-refractivity contribution in [2.75, 3.05) is 42.5 Å². The Morgan fingerprint density at radius 1 is 1.04 bits per heavy atom. The van der Waals surface area contributed by atoms with Gasteiger partial charge in [-0.2, -0.15) is 0 Å². The van der Waals surface area contributed by atoms with Gasteiger partial charge in [-0.1, -0.05) is 6.07 Å². The SMILES string of the molecule is CC(C)(C)OC(=O)N1CCN(c2cccc(N3CCC(=O)NC3=O)c2)CC1. The van der Waals surface area contributed by atoms with Gasteiger partial charge in [-0.05, 0) is 39.0 Å². The van der Waals surface area contributed by atoms with Crippen molar-refractivity contribution in [3.05, 3.63) is 24.3 Å². The summed E-state index contributed by atoms with van der Waals surface area (Å²) < 4.78 is 5.43. The summed E-state index contributed by atoms with van der Waals surface area (Å²) in [6.07, 6.45) is 0.00964. The molecule has 27 heavy (non-hydrogen) atoms. The van der Waals surface area contributed by atoms with Crippen LogP contribution < -0.4 is 15.1 Å². The van der Waals surface area contributed by atoms with Crippen LogP contribution in [0.2, 0.25) is 0 Å².